The third kappa shape index (κ3) is 3.66. The fourth-order valence-electron chi connectivity index (χ4n) is 2.81. The molecule has 0 aromatic rings. The monoisotopic (exact) mass is 332 g/mol. The van der Waals surface area contributed by atoms with Crippen LogP contribution in [0.2, 0.25) is 0 Å². The van der Waals surface area contributed by atoms with Gasteiger partial charge in [0, 0.05) is 23.7 Å². The molecule has 1 fully saturated rings. The SMILES string of the molecule is CC(C)(C)C1CCCN(C2=NCC(CBr)S2)CC1. The Kier molecular flexibility index (Phi) is 5.04. The normalized spacial score (nSPS) is 30.2. The average Bonchev–Trinajstić information content (AvgIpc) is 2.64. The molecule has 2 nitrogen and oxygen atoms in total. The second kappa shape index (κ2) is 6.17. The highest BCUT2D eigenvalue weighted by Gasteiger charge is 2.29. The molecule has 2 aliphatic rings. The molecule has 0 aliphatic carbocycles. The van der Waals surface area contributed by atoms with Crippen molar-refractivity contribution < 1.29 is 0 Å². The molecule has 104 valence electrons. The summed E-state index contributed by atoms with van der Waals surface area (Å²) < 4.78 is 0. The highest BCUT2D eigenvalue weighted by atomic mass is 79.9. The van der Waals surface area contributed by atoms with Crippen molar-refractivity contribution in [2.24, 2.45) is 16.3 Å². The predicted molar refractivity (Wildman–Crippen MR) is 85.8 cm³/mol. The minimum Gasteiger partial charge on any atom is -0.351 e. The fraction of sp³-hybridized carbons (Fsp3) is 0.929. The Hall–Kier alpha value is 0.300. The Morgan fingerprint density at radius 2 is 2.11 bits per heavy atom. The molecule has 1 saturated heterocycles. The van der Waals surface area contributed by atoms with Crippen LogP contribution < -0.4 is 0 Å². The van der Waals surface area contributed by atoms with Gasteiger partial charge in [-0.15, -0.1) is 0 Å². The Balaban J connectivity index is 1.90. The van der Waals surface area contributed by atoms with Crippen molar-refractivity contribution in [3.05, 3.63) is 0 Å². The average molecular weight is 333 g/mol. The number of nitrogens with zero attached hydrogens (tertiary/aromatic N) is 2. The van der Waals surface area contributed by atoms with E-state index in [4.69, 9.17) is 4.99 Å². The van der Waals surface area contributed by atoms with Crippen LogP contribution in [0.4, 0.5) is 0 Å². The Morgan fingerprint density at radius 1 is 1.33 bits per heavy atom. The van der Waals surface area contributed by atoms with Crippen LogP contribution in [0, 0.1) is 11.3 Å². The van der Waals surface area contributed by atoms with E-state index in [-0.39, 0.29) is 0 Å². The lowest BCUT2D eigenvalue weighted by Gasteiger charge is -2.30. The van der Waals surface area contributed by atoms with Gasteiger partial charge in [0.05, 0.1) is 6.54 Å². The molecule has 2 rings (SSSR count). The summed E-state index contributed by atoms with van der Waals surface area (Å²) in [5, 5.41) is 3.01. The Morgan fingerprint density at radius 3 is 2.72 bits per heavy atom. The third-order valence-corrected chi connectivity index (χ3v) is 6.56. The highest BCUT2D eigenvalue weighted by Crippen LogP contribution is 2.35. The second-order valence-corrected chi connectivity index (χ2v) is 8.41. The molecule has 2 atom stereocenters. The predicted octanol–water partition coefficient (Wildman–Crippen LogP) is 4.00. The number of rotatable bonds is 1. The molecular formula is C14H25BrN2S. The molecule has 0 bridgehead atoms. The molecule has 0 aromatic carbocycles. The van der Waals surface area contributed by atoms with Crippen molar-refractivity contribution in [2.75, 3.05) is 25.0 Å². The van der Waals surface area contributed by atoms with Crippen molar-refractivity contribution in [3.63, 3.8) is 0 Å². The largest absolute Gasteiger partial charge is 0.351 e. The number of hydrogen-bond donors (Lipinski definition) is 0. The molecule has 2 aliphatic heterocycles. The molecule has 0 radical (unpaired) electrons. The number of amidine groups is 1. The number of likely N-dealkylation sites (tertiary alicyclic amines) is 1. The molecule has 0 aromatic heterocycles. The van der Waals surface area contributed by atoms with E-state index >= 15 is 0 Å². The lowest BCUT2D eigenvalue weighted by atomic mass is 9.77. The maximum atomic E-state index is 4.72. The maximum absolute atomic E-state index is 4.72. The summed E-state index contributed by atoms with van der Waals surface area (Å²) >= 11 is 5.53. The number of alkyl halides is 1. The zero-order valence-corrected chi connectivity index (χ0v) is 14.2. The summed E-state index contributed by atoms with van der Waals surface area (Å²) in [7, 11) is 0. The van der Waals surface area contributed by atoms with Crippen molar-refractivity contribution >= 4 is 32.9 Å². The second-order valence-electron chi connectivity index (χ2n) is 6.50. The molecule has 0 amide bonds. The third-order valence-electron chi connectivity index (χ3n) is 4.10. The zero-order valence-electron chi connectivity index (χ0n) is 11.8. The number of halogens is 1. The van der Waals surface area contributed by atoms with Gasteiger partial charge in [-0.3, -0.25) is 4.99 Å². The van der Waals surface area contributed by atoms with E-state index in [9.17, 15) is 0 Å². The molecule has 18 heavy (non-hydrogen) atoms. The maximum Gasteiger partial charge on any atom is 0.159 e. The van der Waals surface area contributed by atoms with Crippen LogP contribution in [0.5, 0.6) is 0 Å². The van der Waals surface area contributed by atoms with Gasteiger partial charge in [0.15, 0.2) is 5.17 Å². The van der Waals surface area contributed by atoms with Crippen molar-refractivity contribution in [3.8, 4) is 0 Å². The van der Waals surface area contributed by atoms with Gasteiger partial charge in [-0.1, -0.05) is 48.5 Å². The van der Waals surface area contributed by atoms with Crippen LogP contribution >= 0.6 is 27.7 Å². The summed E-state index contributed by atoms with van der Waals surface area (Å²) in [5.74, 6) is 0.862. The van der Waals surface area contributed by atoms with Crippen LogP contribution in [-0.2, 0) is 0 Å². The van der Waals surface area contributed by atoms with E-state index in [2.05, 4.69) is 41.6 Å². The van der Waals surface area contributed by atoms with Gasteiger partial charge < -0.3 is 4.90 Å². The van der Waals surface area contributed by atoms with E-state index < -0.39 is 0 Å². The van der Waals surface area contributed by atoms with Crippen LogP contribution in [0.15, 0.2) is 4.99 Å². The smallest absolute Gasteiger partial charge is 0.159 e. The van der Waals surface area contributed by atoms with Gasteiger partial charge in [0.2, 0.25) is 0 Å². The van der Waals surface area contributed by atoms with Crippen LogP contribution in [-0.4, -0.2) is 40.3 Å². The molecule has 4 heteroatoms. The molecule has 0 spiro atoms. The summed E-state index contributed by atoms with van der Waals surface area (Å²) in [6.07, 6.45) is 4.02. The summed E-state index contributed by atoms with van der Waals surface area (Å²) in [6, 6.07) is 0. The lowest BCUT2D eigenvalue weighted by molar-refractivity contribution is 0.216. The van der Waals surface area contributed by atoms with Crippen LogP contribution in [0.3, 0.4) is 0 Å². The fourth-order valence-corrected chi connectivity index (χ4v) is 4.40. The topological polar surface area (TPSA) is 15.6 Å². The van der Waals surface area contributed by atoms with Gasteiger partial charge in [-0.05, 0) is 30.6 Å². The molecule has 0 N–H and O–H groups in total. The standard InChI is InChI=1S/C14H25BrN2S/c1-14(2,3)11-5-4-7-17(8-6-11)13-16-10-12(9-15)18-13/h11-12H,4-10H2,1-3H3. The first-order valence-electron chi connectivity index (χ1n) is 7.02. The molecule has 0 saturated carbocycles. The zero-order chi connectivity index (χ0) is 13.2. The summed E-state index contributed by atoms with van der Waals surface area (Å²) in [6.45, 7) is 10.5. The first-order valence-corrected chi connectivity index (χ1v) is 9.03. The first kappa shape index (κ1) is 14.7. The van der Waals surface area contributed by atoms with Crippen molar-refractivity contribution in [2.45, 2.75) is 45.3 Å². The minimum atomic E-state index is 0.457. The van der Waals surface area contributed by atoms with E-state index in [1.54, 1.807) is 0 Å². The Bertz CT molecular complexity index is 311. The van der Waals surface area contributed by atoms with E-state index in [0.29, 0.717) is 10.7 Å². The van der Waals surface area contributed by atoms with Gasteiger partial charge >= 0.3 is 0 Å². The first-order chi connectivity index (χ1) is 8.50. The van der Waals surface area contributed by atoms with E-state index in [1.807, 2.05) is 11.8 Å². The molecule has 2 unspecified atom stereocenters. The van der Waals surface area contributed by atoms with Crippen molar-refractivity contribution in [1.29, 1.82) is 0 Å². The lowest BCUT2D eigenvalue weighted by Crippen LogP contribution is -2.30. The van der Waals surface area contributed by atoms with Gasteiger partial charge in [0.25, 0.3) is 0 Å². The summed E-state index contributed by atoms with van der Waals surface area (Å²) in [5.41, 5.74) is 0.457. The highest BCUT2D eigenvalue weighted by molar-refractivity contribution is 9.09. The minimum absolute atomic E-state index is 0.457. The molecule has 2 heterocycles. The molecular weight excluding hydrogens is 308 g/mol. The van der Waals surface area contributed by atoms with Crippen LogP contribution in [0.25, 0.3) is 0 Å². The van der Waals surface area contributed by atoms with Gasteiger partial charge in [-0.25, -0.2) is 0 Å². The number of hydrogen-bond acceptors (Lipinski definition) is 3. The number of aliphatic imine (C=N–C) groups is 1. The Labute approximate surface area is 124 Å². The quantitative estimate of drug-likeness (QED) is 0.674. The van der Waals surface area contributed by atoms with Gasteiger partial charge in [-0.2, -0.15) is 0 Å². The van der Waals surface area contributed by atoms with Crippen molar-refractivity contribution in [1.82, 2.24) is 4.90 Å². The van der Waals surface area contributed by atoms with Gasteiger partial charge in [0.1, 0.15) is 0 Å². The number of thioether (sulfide) groups is 1. The van der Waals surface area contributed by atoms with Crippen LogP contribution in [0.1, 0.15) is 40.0 Å². The summed E-state index contributed by atoms with van der Waals surface area (Å²) in [4.78, 5) is 7.24. The van der Waals surface area contributed by atoms with E-state index in [0.717, 1.165) is 17.8 Å². The van der Waals surface area contributed by atoms with E-state index in [1.165, 1.54) is 37.5 Å².